The van der Waals surface area contributed by atoms with Crippen LogP contribution in [0.3, 0.4) is 0 Å². The first-order valence-corrected chi connectivity index (χ1v) is 11.3. The van der Waals surface area contributed by atoms with Gasteiger partial charge < -0.3 is 14.8 Å². The molecule has 5 nitrogen and oxygen atoms in total. The van der Waals surface area contributed by atoms with Gasteiger partial charge in [0.15, 0.2) is 6.61 Å². The van der Waals surface area contributed by atoms with Crippen LogP contribution in [-0.2, 0) is 16.0 Å². The highest BCUT2D eigenvalue weighted by atomic mass is 79.9. The topological polar surface area (TPSA) is 64.6 Å². The van der Waals surface area contributed by atoms with Crippen molar-refractivity contribution in [2.24, 2.45) is 0 Å². The molecule has 1 N–H and O–H groups in total. The van der Waals surface area contributed by atoms with Crippen molar-refractivity contribution in [3.05, 3.63) is 69.5 Å². The average molecular weight is 488 g/mol. The minimum atomic E-state index is -0.468. The lowest BCUT2D eigenvalue weighted by Gasteiger charge is -2.11. The van der Waals surface area contributed by atoms with Crippen molar-refractivity contribution in [2.75, 3.05) is 18.5 Å². The van der Waals surface area contributed by atoms with Gasteiger partial charge in [0.05, 0.1) is 6.61 Å². The summed E-state index contributed by atoms with van der Waals surface area (Å²) in [7, 11) is 0. The number of para-hydroxylation sites is 1. The van der Waals surface area contributed by atoms with Gasteiger partial charge in [0, 0.05) is 15.4 Å². The Bertz CT molecular complexity index is 1030. The second-order valence-corrected chi connectivity index (χ2v) is 8.17. The Morgan fingerprint density at radius 2 is 1.80 bits per heavy atom. The van der Waals surface area contributed by atoms with Gasteiger partial charge in [-0.3, -0.25) is 4.79 Å². The first-order valence-electron chi connectivity index (χ1n) is 9.58. The third kappa shape index (κ3) is 5.29. The van der Waals surface area contributed by atoms with E-state index in [9.17, 15) is 9.59 Å². The van der Waals surface area contributed by atoms with Crippen LogP contribution in [0.4, 0.5) is 5.00 Å². The zero-order valence-electron chi connectivity index (χ0n) is 16.7. The average Bonchev–Trinajstić information content (AvgIpc) is 3.16. The van der Waals surface area contributed by atoms with Gasteiger partial charge in [0.2, 0.25) is 0 Å². The summed E-state index contributed by atoms with van der Waals surface area (Å²) in [5.74, 6) is -0.123. The Hall–Kier alpha value is -2.64. The molecule has 0 saturated heterocycles. The third-order valence-electron chi connectivity index (χ3n) is 4.39. The summed E-state index contributed by atoms with van der Waals surface area (Å²) >= 11 is 4.70. The normalized spacial score (nSPS) is 10.5. The van der Waals surface area contributed by atoms with E-state index >= 15 is 0 Å². The van der Waals surface area contributed by atoms with Crippen molar-refractivity contribution in [2.45, 2.75) is 20.3 Å². The van der Waals surface area contributed by atoms with E-state index in [-0.39, 0.29) is 19.1 Å². The van der Waals surface area contributed by atoms with Crippen LogP contribution < -0.4 is 10.1 Å². The maximum atomic E-state index is 12.6. The Balaban J connectivity index is 1.80. The maximum absolute atomic E-state index is 12.6. The maximum Gasteiger partial charge on any atom is 0.341 e. The summed E-state index contributed by atoms with van der Waals surface area (Å²) in [5.41, 5.74) is 2.97. The molecule has 1 heterocycles. The number of amides is 1. The van der Waals surface area contributed by atoms with E-state index in [2.05, 4.69) is 21.2 Å². The number of benzene rings is 2. The molecule has 7 heteroatoms. The van der Waals surface area contributed by atoms with Crippen LogP contribution in [0.15, 0.2) is 58.4 Å². The monoisotopic (exact) mass is 487 g/mol. The molecule has 3 rings (SSSR count). The highest BCUT2D eigenvalue weighted by Gasteiger charge is 2.23. The molecular weight excluding hydrogens is 466 g/mol. The summed E-state index contributed by atoms with van der Waals surface area (Å²) in [4.78, 5) is 25.1. The number of halogens is 1. The molecule has 0 unspecified atom stereocenters. The first-order chi connectivity index (χ1) is 14.5. The quantitative estimate of drug-likeness (QED) is 0.399. The van der Waals surface area contributed by atoms with Gasteiger partial charge in [-0.05, 0) is 42.7 Å². The second-order valence-electron chi connectivity index (χ2n) is 6.38. The standard InChI is InChI=1S/C23H22BrNO4S/c1-3-15-7-5-6-8-19(15)29-13-20(26)25-22-21(23(27)28-4-2)18(14-30-22)16-9-11-17(24)12-10-16/h5-12,14H,3-4,13H2,1-2H3,(H,25,26). The Morgan fingerprint density at radius 3 is 2.50 bits per heavy atom. The van der Waals surface area contributed by atoms with Crippen LogP contribution in [0.25, 0.3) is 11.1 Å². The van der Waals surface area contributed by atoms with E-state index in [1.54, 1.807) is 6.92 Å². The number of hydrogen-bond acceptors (Lipinski definition) is 5. The zero-order chi connectivity index (χ0) is 21.5. The van der Waals surface area contributed by atoms with Gasteiger partial charge in [0.1, 0.15) is 16.3 Å². The minimum Gasteiger partial charge on any atom is -0.483 e. The van der Waals surface area contributed by atoms with Gasteiger partial charge in [0.25, 0.3) is 5.91 Å². The molecule has 156 valence electrons. The van der Waals surface area contributed by atoms with E-state index in [0.29, 0.717) is 16.3 Å². The fourth-order valence-corrected chi connectivity index (χ4v) is 4.18. The fourth-order valence-electron chi connectivity index (χ4n) is 2.94. The summed E-state index contributed by atoms with van der Waals surface area (Å²) < 4.78 is 11.9. The van der Waals surface area contributed by atoms with Crippen LogP contribution in [-0.4, -0.2) is 25.1 Å². The van der Waals surface area contributed by atoms with Crippen molar-refractivity contribution in [1.82, 2.24) is 0 Å². The molecule has 0 radical (unpaired) electrons. The molecule has 0 atom stereocenters. The largest absolute Gasteiger partial charge is 0.483 e. The molecule has 0 bridgehead atoms. The van der Waals surface area contributed by atoms with Crippen molar-refractivity contribution >= 4 is 44.1 Å². The highest BCUT2D eigenvalue weighted by Crippen LogP contribution is 2.36. The van der Waals surface area contributed by atoms with E-state index in [0.717, 1.165) is 27.6 Å². The van der Waals surface area contributed by atoms with Crippen LogP contribution >= 0.6 is 27.3 Å². The first kappa shape index (κ1) is 22.1. The Labute approximate surface area is 188 Å². The fraction of sp³-hybridized carbons (Fsp3) is 0.217. The number of thiophene rings is 1. The molecule has 0 aliphatic heterocycles. The van der Waals surface area contributed by atoms with E-state index in [1.165, 1.54) is 11.3 Å². The van der Waals surface area contributed by atoms with Crippen LogP contribution in [0, 0.1) is 0 Å². The summed E-state index contributed by atoms with van der Waals surface area (Å²) in [6.07, 6.45) is 0.812. The zero-order valence-corrected chi connectivity index (χ0v) is 19.1. The Morgan fingerprint density at radius 1 is 1.07 bits per heavy atom. The Kier molecular flexibility index (Phi) is 7.65. The van der Waals surface area contributed by atoms with Gasteiger partial charge >= 0.3 is 5.97 Å². The van der Waals surface area contributed by atoms with Crippen molar-refractivity contribution in [3.63, 3.8) is 0 Å². The van der Waals surface area contributed by atoms with E-state index in [4.69, 9.17) is 9.47 Å². The number of esters is 1. The third-order valence-corrected chi connectivity index (χ3v) is 5.82. The molecule has 0 spiro atoms. The molecule has 1 amide bonds. The number of hydrogen-bond donors (Lipinski definition) is 1. The smallest absolute Gasteiger partial charge is 0.341 e. The second kappa shape index (κ2) is 10.4. The lowest BCUT2D eigenvalue weighted by Crippen LogP contribution is -2.21. The summed E-state index contributed by atoms with van der Waals surface area (Å²) in [5, 5.41) is 5.10. The number of rotatable bonds is 8. The molecule has 1 aromatic heterocycles. The molecule has 0 aliphatic rings. The highest BCUT2D eigenvalue weighted by molar-refractivity contribution is 9.10. The SMILES string of the molecule is CCOC(=O)c1c(-c2ccc(Br)cc2)csc1NC(=O)COc1ccccc1CC. The minimum absolute atomic E-state index is 0.148. The number of nitrogens with one attached hydrogen (secondary N) is 1. The molecular formula is C23H22BrNO4S. The lowest BCUT2D eigenvalue weighted by atomic mass is 10.0. The molecule has 0 fully saturated rings. The van der Waals surface area contributed by atoms with E-state index < -0.39 is 5.97 Å². The lowest BCUT2D eigenvalue weighted by molar-refractivity contribution is -0.118. The van der Waals surface area contributed by atoms with Gasteiger partial charge in [-0.1, -0.05) is 53.2 Å². The van der Waals surface area contributed by atoms with Crippen molar-refractivity contribution in [3.8, 4) is 16.9 Å². The molecule has 0 aliphatic carbocycles. The predicted octanol–water partition coefficient (Wildman–Crippen LogP) is 5.93. The van der Waals surface area contributed by atoms with Crippen molar-refractivity contribution in [1.29, 1.82) is 0 Å². The van der Waals surface area contributed by atoms with Crippen LogP contribution in [0.5, 0.6) is 5.75 Å². The van der Waals surface area contributed by atoms with Crippen molar-refractivity contribution < 1.29 is 19.1 Å². The number of aryl methyl sites for hydroxylation is 1. The molecule has 2 aromatic carbocycles. The van der Waals surface area contributed by atoms with Crippen LogP contribution in [0.1, 0.15) is 29.8 Å². The molecule has 30 heavy (non-hydrogen) atoms. The summed E-state index contributed by atoms with van der Waals surface area (Å²) in [6.45, 7) is 3.88. The molecule has 0 saturated carbocycles. The van der Waals surface area contributed by atoms with Gasteiger partial charge in [-0.25, -0.2) is 4.79 Å². The molecule has 3 aromatic rings. The van der Waals surface area contributed by atoms with Crippen LogP contribution in [0.2, 0.25) is 0 Å². The number of carbonyl (C=O) groups is 2. The van der Waals surface area contributed by atoms with Gasteiger partial charge in [-0.2, -0.15) is 0 Å². The number of ether oxygens (including phenoxy) is 2. The predicted molar refractivity (Wildman–Crippen MR) is 123 cm³/mol. The van der Waals surface area contributed by atoms with Gasteiger partial charge in [-0.15, -0.1) is 11.3 Å². The summed E-state index contributed by atoms with van der Waals surface area (Å²) in [6, 6.07) is 15.2. The number of anilines is 1. The van der Waals surface area contributed by atoms with E-state index in [1.807, 2.05) is 60.8 Å². The number of carbonyl (C=O) groups excluding carboxylic acids is 2.